The summed E-state index contributed by atoms with van der Waals surface area (Å²) in [5, 5.41) is 7.00. The average Bonchev–Trinajstić information content (AvgIpc) is 1.90. The summed E-state index contributed by atoms with van der Waals surface area (Å²) in [6.07, 6.45) is 0. The molecule has 0 atom stereocenters. The van der Waals surface area contributed by atoms with Crippen molar-refractivity contribution in [3.8, 4) is 0 Å². The van der Waals surface area contributed by atoms with Crippen LogP contribution in [0.25, 0.3) is 10.6 Å². The van der Waals surface area contributed by atoms with Crippen molar-refractivity contribution < 1.29 is 19.6 Å². The van der Waals surface area contributed by atoms with Crippen LogP contribution in [0.1, 0.15) is 20.8 Å². The van der Waals surface area contributed by atoms with E-state index in [-0.39, 0.29) is 5.54 Å². The SMILES string of the molecule is CC(C)(C)[N]=[W].C[N-]C.C[N-]C. The molecule has 0 unspecified atom stereocenters. The molecule has 3 nitrogen and oxygen atoms in total. The Balaban J connectivity index is -0.000000115. The molecule has 0 aromatic rings. The maximum atomic E-state index is 4.10. The third kappa shape index (κ3) is 79.3. The molecule has 76 valence electrons. The Kier molecular flexibility index (Phi) is 21.2. The predicted molar refractivity (Wildman–Crippen MR) is 52.6 cm³/mol. The second-order valence-corrected chi connectivity index (χ2v) is 3.81. The minimum absolute atomic E-state index is 0.204. The molecule has 0 aliphatic rings. The molecule has 0 fully saturated rings. The van der Waals surface area contributed by atoms with Crippen LogP contribution in [0.5, 0.6) is 0 Å². The molecule has 0 saturated heterocycles. The Labute approximate surface area is 88.5 Å². The molecule has 4 heteroatoms. The first-order valence-electron chi connectivity index (χ1n) is 3.70. The van der Waals surface area contributed by atoms with Gasteiger partial charge in [0, 0.05) is 0 Å². The molecule has 0 spiro atoms. The van der Waals surface area contributed by atoms with Gasteiger partial charge in [0.15, 0.2) is 0 Å². The van der Waals surface area contributed by atoms with Crippen molar-refractivity contribution in [3.63, 3.8) is 0 Å². The summed E-state index contributed by atoms with van der Waals surface area (Å²) in [6, 6.07) is 0. The zero-order valence-electron chi connectivity index (χ0n) is 9.25. The molecule has 0 aliphatic heterocycles. The van der Waals surface area contributed by atoms with Gasteiger partial charge in [-0.1, -0.05) is 0 Å². The molecule has 0 saturated carbocycles. The number of hydrogen-bond acceptors (Lipinski definition) is 1. The molecule has 0 bridgehead atoms. The van der Waals surface area contributed by atoms with Crippen LogP contribution in [-0.2, 0) is 19.6 Å². The Bertz CT molecular complexity index is 76.9. The monoisotopic (exact) mass is 343 g/mol. The molecule has 0 heterocycles. The van der Waals surface area contributed by atoms with Crippen LogP contribution in [0.3, 0.4) is 0 Å². The van der Waals surface area contributed by atoms with Crippen molar-refractivity contribution >= 4 is 0 Å². The number of nitrogens with zero attached hydrogens (tertiary/aromatic N) is 3. The first-order valence-corrected chi connectivity index (χ1v) is 5.01. The van der Waals surface area contributed by atoms with Crippen molar-refractivity contribution in [2.45, 2.75) is 26.3 Å². The maximum Gasteiger partial charge on any atom is -0.162 e. The molecule has 0 N–H and O–H groups in total. The average molecular weight is 343 g/mol. The van der Waals surface area contributed by atoms with Crippen molar-refractivity contribution in [2.24, 2.45) is 3.50 Å². The van der Waals surface area contributed by atoms with E-state index in [0.29, 0.717) is 0 Å². The standard InChI is InChI=1S/C4H9N.2C2H6N.W/c1-4(2,3)5;2*1-3-2;/h1-3H3;2*1-2H3;/q;2*-1;. The fourth-order valence-electron chi connectivity index (χ4n) is 0. The van der Waals surface area contributed by atoms with E-state index in [1.807, 2.05) is 0 Å². The van der Waals surface area contributed by atoms with Crippen LogP contribution in [0.2, 0.25) is 0 Å². The number of rotatable bonds is 0. The third-order valence-electron chi connectivity index (χ3n) is 0.274. The van der Waals surface area contributed by atoms with Gasteiger partial charge in [-0.05, 0) is 0 Å². The topological polar surface area (TPSA) is 40.6 Å². The Morgan fingerprint density at radius 2 is 1.00 bits per heavy atom. The van der Waals surface area contributed by atoms with Gasteiger partial charge >= 0.3 is 49.4 Å². The summed E-state index contributed by atoms with van der Waals surface area (Å²) in [6.45, 7) is 6.29. The molecule has 0 radical (unpaired) electrons. The summed E-state index contributed by atoms with van der Waals surface area (Å²) in [7, 11) is 7.00. The van der Waals surface area contributed by atoms with Gasteiger partial charge < -0.3 is 10.6 Å². The van der Waals surface area contributed by atoms with Crippen LogP contribution >= 0.6 is 0 Å². The van der Waals surface area contributed by atoms with E-state index in [4.69, 9.17) is 0 Å². The van der Waals surface area contributed by atoms with Crippen LogP contribution in [0.4, 0.5) is 0 Å². The quantitative estimate of drug-likeness (QED) is 0.649. The predicted octanol–water partition coefficient (Wildman–Crippen LogP) is 2.75. The maximum absolute atomic E-state index is 4.10. The van der Waals surface area contributed by atoms with E-state index in [1.54, 1.807) is 28.2 Å². The normalized spacial score (nSPS) is 8.58. The molecule has 0 amide bonds. The Hall–Kier alpha value is 0.408. The van der Waals surface area contributed by atoms with Gasteiger partial charge in [0.1, 0.15) is 0 Å². The van der Waals surface area contributed by atoms with E-state index >= 15 is 0 Å². The van der Waals surface area contributed by atoms with Crippen molar-refractivity contribution in [3.05, 3.63) is 10.6 Å². The third-order valence-corrected chi connectivity index (χ3v) is 2.24. The van der Waals surface area contributed by atoms with Gasteiger partial charge in [-0.3, -0.25) is 0 Å². The minimum atomic E-state index is 0.204. The van der Waals surface area contributed by atoms with E-state index in [0.717, 1.165) is 0 Å². The first kappa shape index (κ1) is 18.2. The minimum Gasteiger partial charge on any atom is -0.668 e. The Morgan fingerprint density at radius 3 is 1.00 bits per heavy atom. The van der Waals surface area contributed by atoms with Gasteiger partial charge in [-0.25, -0.2) is 0 Å². The summed E-state index contributed by atoms with van der Waals surface area (Å²) in [5.74, 6) is 0. The van der Waals surface area contributed by atoms with Crippen LogP contribution in [0, 0.1) is 0 Å². The van der Waals surface area contributed by atoms with Gasteiger partial charge in [0.05, 0.1) is 0 Å². The molecule has 12 heavy (non-hydrogen) atoms. The van der Waals surface area contributed by atoms with Gasteiger partial charge in [-0.15, -0.1) is 0 Å². The van der Waals surface area contributed by atoms with E-state index in [2.05, 4.69) is 34.9 Å². The molecule has 0 aliphatic carbocycles. The molecular formula is C8H21N3W-2. The van der Waals surface area contributed by atoms with Crippen LogP contribution in [0.15, 0.2) is 3.50 Å². The fraction of sp³-hybridized carbons (Fsp3) is 1.00. The van der Waals surface area contributed by atoms with E-state index < -0.39 is 0 Å². The van der Waals surface area contributed by atoms with Crippen LogP contribution < -0.4 is 0 Å². The molecule has 0 aromatic heterocycles. The first-order chi connectivity index (χ1) is 5.39. The molecule has 0 aromatic carbocycles. The van der Waals surface area contributed by atoms with Gasteiger partial charge in [-0.2, -0.15) is 28.2 Å². The zero-order valence-corrected chi connectivity index (χ0v) is 12.2. The Morgan fingerprint density at radius 1 is 0.917 bits per heavy atom. The summed E-state index contributed by atoms with van der Waals surface area (Å²) < 4.78 is 4.10. The van der Waals surface area contributed by atoms with E-state index in [9.17, 15) is 0 Å². The van der Waals surface area contributed by atoms with Gasteiger partial charge in [0.25, 0.3) is 0 Å². The fourth-order valence-corrected chi connectivity index (χ4v) is 0. The van der Waals surface area contributed by atoms with Crippen molar-refractivity contribution in [1.29, 1.82) is 0 Å². The number of hydrogen-bond donors (Lipinski definition) is 0. The molecular weight excluding hydrogens is 322 g/mol. The smallest absolute Gasteiger partial charge is 0.162 e. The van der Waals surface area contributed by atoms with Gasteiger partial charge in [0.2, 0.25) is 0 Å². The van der Waals surface area contributed by atoms with Crippen molar-refractivity contribution in [2.75, 3.05) is 28.2 Å². The summed E-state index contributed by atoms with van der Waals surface area (Å²) >= 11 is 1.32. The van der Waals surface area contributed by atoms with Crippen molar-refractivity contribution in [1.82, 2.24) is 0 Å². The molecule has 0 rings (SSSR count). The summed E-state index contributed by atoms with van der Waals surface area (Å²) in [5.41, 5.74) is 0.204. The second kappa shape index (κ2) is 14.0. The largest absolute Gasteiger partial charge is 0.668 e. The second-order valence-electron chi connectivity index (χ2n) is 3.16. The zero-order chi connectivity index (χ0) is 10.6. The summed E-state index contributed by atoms with van der Waals surface area (Å²) in [4.78, 5) is 0. The van der Waals surface area contributed by atoms with Crippen LogP contribution in [-0.4, -0.2) is 33.7 Å². The van der Waals surface area contributed by atoms with E-state index in [1.165, 1.54) is 19.6 Å².